The van der Waals surface area contributed by atoms with Crippen LogP contribution in [0, 0.1) is 5.92 Å². The van der Waals surface area contributed by atoms with Crippen LogP contribution < -0.4 is 15.0 Å². The molecule has 0 spiro atoms. The number of anilines is 2. The summed E-state index contributed by atoms with van der Waals surface area (Å²) < 4.78 is 5.21. The number of rotatable bonds is 7. The molecular weight excluding hydrogens is 370 g/mol. The number of benzene rings is 2. The summed E-state index contributed by atoms with van der Waals surface area (Å²) in [5, 5.41) is 2.78. The minimum atomic E-state index is -0.847. The number of amides is 4. The highest BCUT2D eigenvalue weighted by Crippen LogP contribution is 2.30. The Morgan fingerprint density at radius 2 is 1.83 bits per heavy atom. The van der Waals surface area contributed by atoms with Gasteiger partial charge in [-0.2, -0.15) is 0 Å². The zero-order chi connectivity index (χ0) is 21.0. The number of nitrogens with zero attached hydrogens (tertiary/aromatic N) is 2. The van der Waals surface area contributed by atoms with E-state index in [2.05, 4.69) is 5.32 Å². The van der Waals surface area contributed by atoms with Crippen LogP contribution in [0.25, 0.3) is 0 Å². The van der Waals surface area contributed by atoms with Gasteiger partial charge in [0.15, 0.2) is 0 Å². The van der Waals surface area contributed by atoms with Crippen LogP contribution in [0.3, 0.4) is 0 Å². The first kappa shape index (κ1) is 20.4. The number of urea groups is 1. The first-order valence-corrected chi connectivity index (χ1v) is 9.54. The van der Waals surface area contributed by atoms with Crippen LogP contribution in [0.15, 0.2) is 54.6 Å². The molecule has 152 valence electrons. The fraction of sp³-hybridized carbons (Fsp3) is 0.318. The number of para-hydroxylation sites is 1. The SMILES string of the molecule is COc1cccc(N2C(=O)[C@@H](CC(=O)Nc3ccccc3)N(CC(C)C)C2=O)c1. The van der Waals surface area contributed by atoms with E-state index < -0.39 is 18.0 Å². The smallest absolute Gasteiger partial charge is 0.332 e. The molecule has 2 aromatic carbocycles. The Labute approximate surface area is 170 Å². The van der Waals surface area contributed by atoms with Crippen molar-refractivity contribution in [3.05, 3.63) is 54.6 Å². The summed E-state index contributed by atoms with van der Waals surface area (Å²) in [6, 6.07) is 14.5. The van der Waals surface area contributed by atoms with Crippen LogP contribution in [-0.4, -0.2) is 42.4 Å². The van der Waals surface area contributed by atoms with Gasteiger partial charge in [-0.25, -0.2) is 9.69 Å². The molecule has 29 heavy (non-hydrogen) atoms. The summed E-state index contributed by atoms with van der Waals surface area (Å²) in [5.74, 6) is -0.0313. The Hall–Kier alpha value is -3.35. The monoisotopic (exact) mass is 395 g/mol. The van der Waals surface area contributed by atoms with E-state index in [1.807, 2.05) is 32.0 Å². The topological polar surface area (TPSA) is 79.0 Å². The van der Waals surface area contributed by atoms with Gasteiger partial charge in [0.1, 0.15) is 11.8 Å². The quantitative estimate of drug-likeness (QED) is 0.728. The predicted octanol–water partition coefficient (Wildman–Crippen LogP) is 3.52. The van der Waals surface area contributed by atoms with E-state index in [9.17, 15) is 14.4 Å². The lowest BCUT2D eigenvalue weighted by molar-refractivity contribution is -0.124. The van der Waals surface area contributed by atoms with E-state index in [1.165, 1.54) is 12.0 Å². The molecule has 1 atom stereocenters. The molecule has 0 bridgehead atoms. The zero-order valence-electron chi connectivity index (χ0n) is 16.8. The summed E-state index contributed by atoms with van der Waals surface area (Å²) in [7, 11) is 1.52. The number of imide groups is 1. The number of nitrogens with one attached hydrogen (secondary N) is 1. The van der Waals surface area contributed by atoms with Gasteiger partial charge in [0.05, 0.1) is 19.2 Å². The fourth-order valence-electron chi connectivity index (χ4n) is 3.33. The highest BCUT2D eigenvalue weighted by Gasteiger charge is 2.46. The van der Waals surface area contributed by atoms with Gasteiger partial charge in [-0.3, -0.25) is 9.59 Å². The maximum Gasteiger partial charge on any atom is 0.332 e. The van der Waals surface area contributed by atoms with Gasteiger partial charge in [0, 0.05) is 18.3 Å². The Kier molecular flexibility index (Phi) is 6.16. The molecule has 7 nitrogen and oxygen atoms in total. The molecule has 0 aliphatic carbocycles. The van der Waals surface area contributed by atoms with Crippen LogP contribution >= 0.6 is 0 Å². The Balaban J connectivity index is 1.84. The van der Waals surface area contributed by atoms with Crippen molar-refractivity contribution in [3.63, 3.8) is 0 Å². The van der Waals surface area contributed by atoms with Gasteiger partial charge in [-0.15, -0.1) is 0 Å². The van der Waals surface area contributed by atoms with Crippen molar-refractivity contribution in [2.24, 2.45) is 5.92 Å². The van der Waals surface area contributed by atoms with Crippen molar-refractivity contribution in [3.8, 4) is 5.75 Å². The molecule has 1 fully saturated rings. The normalized spacial score (nSPS) is 16.5. The van der Waals surface area contributed by atoms with Crippen molar-refractivity contribution < 1.29 is 19.1 Å². The molecule has 2 aromatic rings. The molecule has 7 heteroatoms. The highest BCUT2D eigenvalue weighted by molar-refractivity contribution is 6.22. The van der Waals surface area contributed by atoms with E-state index >= 15 is 0 Å². The van der Waals surface area contributed by atoms with Crippen LogP contribution in [0.2, 0.25) is 0 Å². The summed E-state index contributed by atoms with van der Waals surface area (Å²) >= 11 is 0. The molecule has 0 unspecified atom stereocenters. The number of hydrogen-bond donors (Lipinski definition) is 1. The second-order valence-corrected chi connectivity index (χ2v) is 7.34. The predicted molar refractivity (Wildman–Crippen MR) is 111 cm³/mol. The van der Waals surface area contributed by atoms with Gasteiger partial charge in [0.2, 0.25) is 5.91 Å². The van der Waals surface area contributed by atoms with E-state index in [0.29, 0.717) is 23.7 Å². The number of methoxy groups -OCH3 is 1. The maximum absolute atomic E-state index is 13.1. The van der Waals surface area contributed by atoms with E-state index in [-0.39, 0.29) is 18.2 Å². The lowest BCUT2D eigenvalue weighted by Gasteiger charge is -2.23. The Morgan fingerprint density at radius 3 is 2.48 bits per heavy atom. The molecule has 1 aliphatic heterocycles. The second-order valence-electron chi connectivity index (χ2n) is 7.34. The third-order valence-electron chi connectivity index (χ3n) is 4.63. The van der Waals surface area contributed by atoms with Crippen LogP contribution in [0.1, 0.15) is 20.3 Å². The summed E-state index contributed by atoms with van der Waals surface area (Å²) in [6.45, 7) is 4.31. The van der Waals surface area contributed by atoms with Crippen LogP contribution in [-0.2, 0) is 9.59 Å². The van der Waals surface area contributed by atoms with Crippen LogP contribution in [0.4, 0.5) is 16.2 Å². The van der Waals surface area contributed by atoms with Gasteiger partial charge >= 0.3 is 6.03 Å². The highest BCUT2D eigenvalue weighted by atomic mass is 16.5. The molecule has 1 heterocycles. The lowest BCUT2D eigenvalue weighted by atomic mass is 10.1. The summed E-state index contributed by atoms with van der Waals surface area (Å²) in [5.41, 5.74) is 1.08. The molecule has 3 rings (SSSR count). The molecule has 0 radical (unpaired) electrons. The molecule has 1 aliphatic rings. The Bertz CT molecular complexity index is 898. The molecular formula is C22H25N3O4. The number of carbonyl (C=O) groups is 3. The molecule has 4 amide bonds. The zero-order valence-corrected chi connectivity index (χ0v) is 16.8. The van der Waals surface area contributed by atoms with Crippen molar-refractivity contribution in [2.45, 2.75) is 26.3 Å². The lowest BCUT2D eigenvalue weighted by Crippen LogP contribution is -2.40. The summed E-state index contributed by atoms with van der Waals surface area (Å²) in [4.78, 5) is 41.4. The van der Waals surface area contributed by atoms with Gasteiger partial charge < -0.3 is 15.0 Å². The number of hydrogen-bond acceptors (Lipinski definition) is 4. The third kappa shape index (κ3) is 4.56. The van der Waals surface area contributed by atoms with Crippen molar-refractivity contribution in [2.75, 3.05) is 23.9 Å². The van der Waals surface area contributed by atoms with Crippen molar-refractivity contribution >= 4 is 29.2 Å². The molecule has 0 aromatic heterocycles. The minimum absolute atomic E-state index is 0.105. The minimum Gasteiger partial charge on any atom is -0.497 e. The second kappa shape index (κ2) is 8.77. The van der Waals surface area contributed by atoms with E-state index in [0.717, 1.165) is 4.90 Å². The standard InChI is InChI=1S/C22H25N3O4/c1-15(2)14-24-19(13-20(26)23-16-8-5-4-6-9-16)21(27)25(22(24)28)17-10-7-11-18(12-17)29-3/h4-12,15,19H,13-14H2,1-3H3,(H,23,26)/t19-/m1/s1. The Morgan fingerprint density at radius 1 is 1.10 bits per heavy atom. The molecule has 0 saturated carbocycles. The fourth-order valence-corrected chi connectivity index (χ4v) is 3.33. The number of ether oxygens (including phenoxy) is 1. The first-order valence-electron chi connectivity index (χ1n) is 9.54. The van der Waals surface area contributed by atoms with Crippen molar-refractivity contribution in [1.29, 1.82) is 0 Å². The molecule has 1 N–H and O–H groups in total. The molecule has 1 saturated heterocycles. The van der Waals surface area contributed by atoms with E-state index in [4.69, 9.17) is 4.74 Å². The number of carbonyl (C=O) groups excluding carboxylic acids is 3. The van der Waals surface area contributed by atoms with Crippen molar-refractivity contribution in [1.82, 2.24) is 4.90 Å². The summed E-state index contributed by atoms with van der Waals surface area (Å²) in [6.07, 6.45) is -0.105. The largest absolute Gasteiger partial charge is 0.497 e. The van der Waals surface area contributed by atoms with E-state index in [1.54, 1.807) is 36.4 Å². The van der Waals surface area contributed by atoms with Gasteiger partial charge in [-0.05, 0) is 30.2 Å². The average molecular weight is 395 g/mol. The van der Waals surface area contributed by atoms with Crippen LogP contribution in [0.5, 0.6) is 5.75 Å². The maximum atomic E-state index is 13.1. The average Bonchev–Trinajstić information content (AvgIpc) is 2.92. The van der Waals surface area contributed by atoms with Gasteiger partial charge in [-0.1, -0.05) is 38.1 Å². The van der Waals surface area contributed by atoms with Gasteiger partial charge in [0.25, 0.3) is 5.91 Å². The third-order valence-corrected chi connectivity index (χ3v) is 4.63. The first-order chi connectivity index (χ1) is 13.9.